The summed E-state index contributed by atoms with van der Waals surface area (Å²) < 4.78 is 0. The molecule has 0 bridgehead atoms. The third-order valence-corrected chi connectivity index (χ3v) is 1.56. The topological polar surface area (TPSA) is 111 Å². The molecule has 0 spiro atoms. The normalized spacial score (nSPS) is 7.65. The molecule has 0 aromatic heterocycles. The molecular formula is C10H28Cl2N2O2Pt-2. The first-order chi connectivity index (χ1) is 7.24. The van der Waals surface area contributed by atoms with Gasteiger partial charge in [0, 0.05) is 0 Å². The van der Waals surface area contributed by atoms with Gasteiger partial charge >= 0.3 is 35.3 Å². The van der Waals surface area contributed by atoms with Crippen molar-refractivity contribution in [3.05, 3.63) is 11.5 Å². The van der Waals surface area contributed by atoms with E-state index in [1.807, 2.05) is 0 Å². The summed E-state index contributed by atoms with van der Waals surface area (Å²) in [7, 11) is 9.75. The predicted octanol–water partition coefficient (Wildman–Crippen LogP) is 4.18. The Morgan fingerprint density at radius 2 is 1.00 bits per heavy atom. The molecule has 116 valence electrons. The van der Waals surface area contributed by atoms with Crippen molar-refractivity contribution in [3.63, 3.8) is 0 Å². The molecule has 0 saturated carbocycles. The fourth-order valence-electron chi connectivity index (χ4n) is 0.750. The molecule has 0 aromatic carbocycles. The average Bonchev–Trinajstić information content (AvgIpc) is 2.25. The number of nitrogens with one attached hydrogen (secondary N) is 2. The second-order valence-corrected chi connectivity index (χ2v) is 6.24. The van der Waals surface area contributed by atoms with Crippen LogP contribution in [0.1, 0.15) is 52.4 Å². The van der Waals surface area contributed by atoms with Gasteiger partial charge in [0.2, 0.25) is 0 Å². The van der Waals surface area contributed by atoms with Gasteiger partial charge in [0.1, 0.15) is 0 Å². The molecule has 0 aliphatic heterocycles. The van der Waals surface area contributed by atoms with Gasteiger partial charge < -0.3 is 22.4 Å². The van der Waals surface area contributed by atoms with E-state index in [2.05, 4.69) is 13.8 Å². The Hall–Kier alpha value is 1.11. The minimum absolute atomic E-state index is 0. The van der Waals surface area contributed by atoms with Crippen molar-refractivity contribution in [2.24, 2.45) is 0 Å². The van der Waals surface area contributed by atoms with E-state index in [-0.39, 0.29) is 11.0 Å². The summed E-state index contributed by atoms with van der Waals surface area (Å²) in [6.45, 7) is 5.51. The number of hydrogen-bond acceptors (Lipinski definition) is 0. The van der Waals surface area contributed by atoms with E-state index in [4.69, 9.17) is 30.3 Å². The van der Waals surface area contributed by atoms with E-state index in [9.17, 15) is 0 Å². The van der Waals surface area contributed by atoms with Crippen LogP contribution in [0.2, 0.25) is 0 Å². The van der Waals surface area contributed by atoms with Crippen molar-refractivity contribution in [2.45, 2.75) is 52.4 Å². The molecule has 0 unspecified atom stereocenters. The van der Waals surface area contributed by atoms with E-state index in [1.54, 1.807) is 0 Å². The van der Waals surface area contributed by atoms with E-state index in [0.29, 0.717) is 13.1 Å². The molecule has 4 nitrogen and oxygen atoms in total. The third kappa shape index (κ3) is 77.3. The van der Waals surface area contributed by atoms with Crippen LogP contribution in [0.25, 0.3) is 11.5 Å². The van der Waals surface area contributed by atoms with Crippen LogP contribution >= 0.6 is 18.8 Å². The van der Waals surface area contributed by atoms with Crippen LogP contribution in [0.15, 0.2) is 0 Å². The molecule has 0 heterocycles. The Labute approximate surface area is 123 Å². The Morgan fingerprint density at radius 1 is 0.765 bits per heavy atom. The molecule has 17 heavy (non-hydrogen) atoms. The van der Waals surface area contributed by atoms with Crippen molar-refractivity contribution >= 4 is 18.8 Å². The summed E-state index contributed by atoms with van der Waals surface area (Å²) in [5, 5.41) is 0. The van der Waals surface area contributed by atoms with Gasteiger partial charge in [0.25, 0.3) is 0 Å². The van der Waals surface area contributed by atoms with Gasteiger partial charge in [0.05, 0.1) is 0 Å². The fourth-order valence-corrected chi connectivity index (χ4v) is 0.750. The Balaban J connectivity index is -0.0000000421. The molecule has 0 atom stereocenters. The second kappa shape index (κ2) is 43.4. The maximum absolute atomic E-state index is 6.71. The van der Waals surface area contributed by atoms with E-state index in [1.165, 1.54) is 25.7 Å². The van der Waals surface area contributed by atoms with Crippen LogP contribution in [-0.4, -0.2) is 24.0 Å². The molecule has 0 aliphatic rings. The monoisotopic (exact) mass is 473 g/mol. The standard InChI is InChI=1S/2C5H12N.2ClH.2H2O.Pt/c2*1-2-3-4-5-6;;;;;/h2*6H,2-5H2,1H3;2*1H;2*1H2;/q2*-1;;;;;+2/p-2. The van der Waals surface area contributed by atoms with Crippen LogP contribution in [0, 0.1) is 0 Å². The Bertz CT molecular complexity index is 71.3. The van der Waals surface area contributed by atoms with E-state index < -0.39 is 16.5 Å². The van der Waals surface area contributed by atoms with Crippen molar-refractivity contribution in [3.8, 4) is 0 Å². The van der Waals surface area contributed by atoms with Gasteiger partial charge in [-0.05, 0) is 0 Å². The molecule has 7 heteroatoms. The molecule has 0 saturated heterocycles. The van der Waals surface area contributed by atoms with Crippen LogP contribution in [0.4, 0.5) is 0 Å². The molecule has 0 aromatic rings. The molecular weight excluding hydrogens is 446 g/mol. The zero-order valence-corrected chi connectivity index (χ0v) is 14.5. The van der Waals surface area contributed by atoms with Crippen molar-refractivity contribution in [2.75, 3.05) is 13.1 Å². The first-order valence-electron chi connectivity index (χ1n) is 5.36. The minimum atomic E-state index is -0.472. The zero-order chi connectivity index (χ0) is 12.4. The fraction of sp³-hybridized carbons (Fsp3) is 1.00. The number of halogens is 2. The Kier molecular flexibility index (Phi) is 78.8. The SMILES string of the molecule is CCCCC[NH-].CCCCC[NH-].O.O.[Cl][Pt][Cl]. The third-order valence-electron chi connectivity index (χ3n) is 1.56. The number of hydrogen-bond donors (Lipinski definition) is 0. The summed E-state index contributed by atoms with van der Waals surface area (Å²) in [6.07, 6.45) is 7.08. The van der Waals surface area contributed by atoms with Crippen molar-refractivity contribution in [1.82, 2.24) is 0 Å². The number of rotatable bonds is 6. The van der Waals surface area contributed by atoms with Gasteiger partial charge in [-0.15, -0.1) is 0 Å². The van der Waals surface area contributed by atoms with Gasteiger partial charge in [-0.3, -0.25) is 0 Å². The van der Waals surface area contributed by atoms with Gasteiger partial charge in [0.15, 0.2) is 0 Å². The number of unbranched alkanes of at least 4 members (excludes halogenated alkanes) is 4. The summed E-state index contributed by atoms with van der Waals surface area (Å²) in [4.78, 5) is 0. The zero-order valence-electron chi connectivity index (χ0n) is 10.7. The molecule has 0 radical (unpaired) electrons. The van der Waals surface area contributed by atoms with Gasteiger partial charge in [-0.25, -0.2) is 0 Å². The van der Waals surface area contributed by atoms with Crippen LogP contribution in [0.3, 0.4) is 0 Å². The summed E-state index contributed by atoms with van der Waals surface area (Å²) in [5.74, 6) is 0. The molecule has 0 amide bonds. The molecule has 0 aliphatic carbocycles. The Morgan fingerprint density at radius 3 is 1.06 bits per heavy atom. The van der Waals surface area contributed by atoms with E-state index in [0.717, 1.165) is 12.8 Å². The van der Waals surface area contributed by atoms with E-state index >= 15 is 0 Å². The summed E-state index contributed by atoms with van der Waals surface area (Å²) in [6, 6.07) is 0. The van der Waals surface area contributed by atoms with Gasteiger partial charge in [-0.2, -0.15) is 13.1 Å². The summed E-state index contributed by atoms with van der Waals surface area (Å²) >= 11 is -0.472. The van der Waals surface area contributed by atoms with Crippen LogP contribution in [-0.2, 0) is 16.5 Å². The summed E-state index contributed by atoms with van der Waals surface area (Å²) in [5.41, 5.74) is 13.4. The van der Waals surface area contributed by atoms with Crippen LogP contribution < -0.4 is 0 Å². The average molecular weight is 474 g/mol. The van der Waals surface area contributed by atoms with Gasteiger partial charge in [-0.1, -0.05) is 52.4 Å². The molecule has 0 rings (SSSR count). The van der Waals surface area contributed by atoms with Crippen LogP contribution in [0.5, 0.6) is 0 Å². The second-order valence-electron chi connectivity index (χ2n) is 2.96. The first-order valence-corrected chi connectivity index (χ1v) is 11.0. The first kappa shape index (κ1) is 30.8. The quantitative estimate of drug-likeness (QED) is 0.515. The van der Waals surface area contributed by atoms with Crippen molar-refractivity contribution < 1.29 is 27.4 Å². The molecule has 0 fully saturated rings. The maximum atomic E-state index is 6.71. The molecule has 6 N–H and O–H groups in total. The predicted molar refractivity (Wildman–Crippen MR) is 76.4 cm³/mol. The van der Waals surface area contributed by atoms with Crippen molar-refractivity contribution in [1.29, 1.82) is 0 Å².